The summed E-state index contributed by atoms with van der Waals surface area (Å²) >= 11 is 0. The third-order valence-corrected chi connectivity index (χ3v) is 3.46. The topological polar surface area (TPSA) is 29.9 Å². The van der Waals surface area contributed by atoms with Gasteiger partial charge in [0, 0.05) is 30.4 Å². The molecule has 1 heterocycles. The highest BCUT2D eigenvalue weighted by Gasteiger charge is 2.13. The highest BCUT2D eigenvalue weighted by atomic mass is 15.3. The van der Waals surface area contributed by atoms with Crippen molar-refractivity contribution in [2.24, 2.45) is 13.0 Å². The molecule has 0 fully saturated rings. The maximum absolute atomic E-state index is 4.48. The van der Waals surface area contributed by atoms with Crippen LogP contribution >= 0.6 is 0 Å². The molecule has 0 aliphatic rings. The minimum atomic E-state index is 0.146. The van der Waals surface area contributed by atoms with Crippen LogP contribution in [0.2, 0.25) is 0 Å². The van der Waals surface area contributed by atoms with Gasteiger partial charge in [-0.05, 0) is 40.5 Å². The van der Waals surface area contributed by atoms with Crippen molar-refractivity contribution >= 4 is 6.08 Å². The largest absolute Gasteiger partial charge is 0.308 e. The maximum Gasteiger partial charge on any atom is 0.0668 e. The van der Waals surface area contributed by atoms with E-state index in [0.29, 0.717) is 5.92 Å². The predicted molar refractivity (Wildman–Crippen MR) is 83.3 cm³/mol. The maximum atomic E-state index is 4.48. The smallest absolute Gasteiger partial charge is 0.0668 e. The van der Waals surface area contributed by atoms with Crippen molar-refractivity contribution < 1.29 is 0 Å². The lowest BCUT2D eigenvalue weighted by molar-refractivity contribution is 0.437. The molecular weight excluding hydrogens is 234 g/mol. The number of nitrogens with zero attached hydrogens (tertiary/aromatic N) is 2. The summed E-state index contributed by atoms with van der Waals surface area (Å²) in [6.45, 7) is 16.2. The second-order valence-electron chi connectivity index (χ2n) is 6.69. The van der Waals surface area contributed by atoms with Crippen molar-refractivity contribution in [2.75, 3.05) is 6.54 Å². The van der Waals surface area contributed by atoms with Gasteiger partial charge in [0.2, 0.25) is 0 Å². The summed E-state index contributed by atoms with van der Waals surface area (Å²) in [4.78, 5) is 0. The van der Waals surface area contributed by atoms with E-state index in [0.717, 1.165) is 12.2 Å². The molecule has 3 nitrogen and oxygen atoms in total. The number of rotatable bonds is 4. The SMILES string of the molecule is Cc1nn(C)c(C)c1C=C(CNC(C)(C)C)C(C)C. The average molecular weight is 263 g/mol. The average Bonchev–Trinajstić information content (AvgIpc) is 2.48. The molecule has 0 aliphatic heterocycles. The Labute approximate surface area is 118 Å². The third-order valence-electron chi connectivity index (χ3n) is 3.46. The van der Waals surface area contributed by atoms with E-state index in [9.17, 15) is 0 Å². The minimum absolute atomic E-state index is 0.146. The number of hydrogen-bond donors (Lipinski definition) is 1. The molecule has 0 aromatic carbocycles. The van der Waals surface area contributed by atoms with Crippen LogP contribution in [0.1, 0.15) is 51.6 Å². The van der Waals surface area contributed by atoms with Gasteiger partial charge < -0.3 is 5.32 Å². The number of hydrogen-bond acceptors (Lipinski definition) is 2. The van der Waals surface area contributed by atoms with Crippen LogP contribution in [0.15, 0.2) is 5.57 Å². The van der Waals surface area contributed by atoms with Gasteiger partial charge in [-0.15, -0.1) is 0 Å². The molecular formula is C16H29N3. The van der Waals surface area contributed by atoms with Gasteiger partial charge in [-0.2, -0.15) is 5.10 Å². The fraction of sp³-hybridized carbons (Fsp3) is 0.688. The second kappa shape index (κ2) is 5.91. The van der Waals surface area contributed by atoms with Crippen molar-refractivity contribution in [3.8, 4) is 0 Å². The zero-order chi connectivity index (χ0) is 14.8. The predicted octanol–water partition coefficient (Wildman–Crippen LogP) is 3.46. The second-order valence-corrected chi connectivity index (χ2v) is 6.69. The molecule has 1 rings (SSSR count). The number of nitrogens with one attached hydrogen (secondary N) is 1. The van der Waals surface area contributed by atoms with E-state index >= 15 is 0 Å². The summed E-state index contributed by atoms with van der Waals surface area (Å²) in [6, 6.07) is 0. The fourth-order valence-corrected chi connectivity index (χ4v) is 1.97. The standard InChI is InChI=1S/C16H29N3/c1-11(2)14(10-17-16(5,6)7)9-15-12(3)18-19(8)13(15)4/h9,11,17H,10H2,1-8H3. The Hall–Kier alpha value is -1.09. The summed E-state index contributed by atoms with van der Waals surface area (Å²) in [5, 5.41) is 8.06. The summed E-state index contributed by atoms with van der Waals surface area (Å²) in [5.41, 5.74) is 5.17. The van der Waals surface area contributed by atoms with Crippen molar-refractivity contribution in [3.63, 3.8) is 0 Å². The van der Waals surface area contributed by atoms with Gasteiger partial charge in [-0.3, -0.25) is 4.68 Å². The van der Waals surface area contributed by atoms with Gasteiger partial charge in [0.25, 0.3) is 0 Å². The molecule has 0 saturated heterocycles. The summed E-state index contributed by atoms with van der Waals surface area (Å²) < 4.78 is 1.95. The van der Waals surface area contributed by atoms with Crippen molar-refractivity contribution in [1.82, 2.24) is 15.1 Å². The molecule has 0 spiro atoms. The summed E-state index contributed by atoms with van der Waals surface area (Å²) in [7, 11) is 2.00. The first-order valence-corrected chi connectivity index (χ1v) is 7.07. The summed E-state index contributed by atoms with van der Waals surface area (Å²) in [6.07, 6.45) is 2.31. The molecule has 0 amide bonds. The molecule has 3 heteroatoms. The normalized spacial score (nSPS) is 13.4. The molecule has 0 atom stereocenters. The highest BCUT2D eigenvalue weighted by Crippen LogP contribution is 2.20. The van der Waals surface area contributed by atoms with Gasteiger partial charge in [0.1, 0.15) is 0 Å². The first-order chi connectivity index (χ1) is 8.61. The number of aromatic nitrogens is 2. The Bertz CT molecular complexity index is 459. The molecule has 1 aromatic heterocycles. The van der Waals surface area contributed by atoms with E-state index in [1.807, 2.05) is 11.7 Å². The van der Waals surface area contributed by atoms with E-state index < -0.39 is 0 Å². The Morgan fingerprint density at radius 3 is 2.26 bits per heavy atom. The van der Waals surface area contributed by atoms with Crippen LogP contribution in [0.3, 0.4) is 0 Å². The van der Waals surface area contributed by atoms with E-state index in [1.54, 1.807) is 0 Å². The molecule has 0 radical (unpaired) electrons. The Balaban J connectivity index is 3.02. The van der Waals surface area contributed by atoms with Crippen molar-refractivity contribution in [2.45, 2.75) is 54.0 Å². The van der Waals surface area contributed by atoms with Crippen LogP contribution in [0.4, 0.5) is 0 Å². The quantitative estimate of drug-likeness (QED) is 0.901. The van der Waals surface area contributed by atoms with Crippen molar-refractivity contribution in [3.05, 3.63) is 22.5 Å². The monoisotopic (exact) mass is 263 g/mol. The van der Waals surface area contributed by atoms with Gasteiger partial charge in [-0.1, -0.05) is 25.5 Å². The molecule has 1 N–H and O–H groups in total. The van der Waals surface area contributed by atoms with Crippen LogP contribution < -0.4 is 5.32 Å². The van der Waals surface area contributed by atoms with Crippen molar-refractivity contribution in [1.29, 1.82) is 0 Å². The third kappa shape index (κ3) is 4.50. The highest BCUT2D eigenvalue weighted by molar-refractivity contribution is 5.58. The van der Waals surface area contributed by atoms with Gasteiger partial charge in [0.05, 0.1) is 5.69 Å². The first-order valence-electron chi connectivity index (χ1n) is 7.07. The fourth-order valence-electron chi connectivity index (χ4n) is 1.97. The Morgan fingerprint density at radius 1 is 1.32 bits per heavy atom. The number of aryl methyl sites for hydroxylation is 2. The van der Waals surface area contributed by atoms with Crippen LogP contribution in [0.5, 0.6) is 0 Å². The lowest BCUT2D eigenvalue weighted by atomic mass is 9.98. The van der Waals surface area contributed by atoms with Gasteiger partial charge in [0.15, 0.2) is 0 Å². The van der Waals surface area contributed by atoms with Crippen LogP contribution in [0, 0.1) is 19.8 Å². The molecule has 19 heavy (non-hydrogen) atoms. The Morgan fingerprint density at radius 2 is 1.89 bits per heavy atom. The molecule has 0 aliphatic carbocycles. The lowest BCUT2D eigenvalue weighted by Gasteiger charge is -2.23. The van der Waals surface area contributed by atoms with Crippen LogP contribution in [-0.2, 0) is 7.05 Å². The van der Waals surface area contributed by atoms with Crippen LogP contribution in [0.25, 0.3) is 6.08 Å². The molecule has 0 saturated carbocycles. The Kier molecular flexibility index (Phi) is 4.97. The van der Waals surface area contributed by atoms with E-state index in [-0.39, 0.29) is 5.54 Å². The molecule has 108 valence electrons. The van der Waals surface area contributed by atoms with Gasteiger partial charge >= 0.3 is 0 Å². The van der Waals surface area contributed by atoms with Crippen LogP contribution in [-0.4, -0.2) is 21.9 Å². The molecule has 1 aromatic rings. The zero-order valence-electron chi connectivity index (χ0n) is 13.8. The minimum Gasteiger partial charge on any atom is -0.308 e. The lowest BCUT2D eigenvalue weighted by Crippen LogP contribution is -2.37. The van der Waals surface area contributed by atoms with E-state index in [1.165, 1.54) is 16.8 Å². The first kappa shape index (κ1) is 16.0. The molecule has 0 bridgehead atoms. The summed E-state index contributed by atoms with van der Waals surface area (Å²) in [5.74, 6) is 0.536. The molecule has 0 unspecified atom stereocenters. The van der Waals surface area contributed by atoms with Gasteiger partial charge in [-0.25, -0.2) is 0 Å². The zero-order valence-corrected chi connectivity index (χ0v) is 13.8. The van der Waals surface area contributed by atoms with E-state index in [2.05, 4.69) is 65.0 Å². The van der Waals surface area contributed by atoms with E-state index in [4.69, 9.17) is 0 Å².